The number of phenols is 2. The number of amides is 1. The molecule has 3 N–H and O–H groups in total. The molecule has 0 bridgehead atoms. The van der Waals surface area contributed by atoms with E-state index < -0.39 is 0 Å². The molecule has 116 valence electrons. The Kier molecular flexibility index (Phi) is 4.99. The summed E-state index contributed by atoms with van der Waals surface area (Å²) in [6.45, 7) is 3.88. The van der Waals surface area contributed by atoms with Gasteiger partial charge >= 0.3 is 0 Å². The number of carbonyl (C=O) groups excluding carboxylic acids is 1. The Balaban J connectivity index is 2.03. The molecule has 0 spiro atoms. The lowest BCUT2D eigenvalue weighted by Crippen LogP contribution is -2.34. The van der Waals surface area contributed by atoms with Crippen LogP contribution in [0, 0.1) is 0 Å². The predicted octanol–water partition coefficient (Wildman–Crippen LogP) is 2.42. The highest BCUT2D eigenvalue weighted by Gasteiger charge is 2.14. The van der Waals surface area contributed by atoms with Crippen LogP contribution in [0.25, 0.3) is 0 Å². The van der Waals surface area contributed by atoms with Crippen molar-refractivity contribution in [2.24, 2.45) is 0 Å². The minimum atomic E-state index is -0.154. The van der Waals surface area contributed by atoms with Gasteiger partial charge in [0.25, 0.3) is 5.91 Å². The van der Waals surface area contributed by atoms with Gasteiger partial charge in [-0.2, -0.15) is 0 Å². The first-order valence-electron chi connectivity index (χ1n) is 7.25. The first-order valence-corrected chi connectivity index (χ1v) is 7.25. The highest BCUT2D eigenvalue weighted by molar-refractivity contribution is 5.95. The first kappa shape index (κ1) is 15.8. The number of benzene rings is 1. The molecule has 0 fully saturated rings. The van der Waals surface area contributed by atoms with Gasteiger partial charge in [-0.3, -0.25) is 9.78 Å². The van der Waals surface area contributed by atoms with Gasteiger partial charge < -0.3 is 15.5 Å². The van der Waals surface area contributed by atoms with Gasteiger partial charge in [0, 0.05) is 24.0 Å². The summed E-state index contributed by atoms with van der Waals surface area (Å²) in [4.78, 5) is 16.3. The van der Waals surface area contributed by atoms with Crippen molar-refractivity contribution in [1.29, 1.82) is 0 Å². The van der Waals surface area contributed by atoms with Crippen LogP contribution in [0.3, 0.4) is 0 Å². The number of aryl methyl sites for hydroxylation is 1. The van der Waals surface area contributed by atoms with Crippen molar-refractivity contribution in [3.63, 3.8) is 0 Å². The van der Waals surface area contributed by atoms with E-state index in [4.69, 9.17) is 0 Å². The van der Waals surface area contributed by atoms with Crippen molar-refractivity contribution in [3.05, 3.63) is 53.3 Å². The number of hydrogen-bond donors (Lipinski definition) is 3. The van der Waals surface area contributed by atoms with Crippen molar-refractivity contribution in [2.75, 3.05) is 0 Å². The zero-order valence-electron chi connectivity index (χ0n) is 12.7. The number of carbonyl (C=O) groups is 1. The van der Waals surface area contributed by atoms with Crippen molar-refractivity contribution < 1.29 is 15.0 Å². The lowest BCUT2D eigenvalue weighted by molar-refractivity contribution is 0.0939. The fourth-order valence-electron chi connectivity index (χ4n) is 2.33. The third-order valence-corrected chi connectivity index (χ3v) is 3.49. The average molecular weight is 300 g/mol. The fraction of sp³-hybridized carbons (Fsp3) is 0.294. The fourth-order valence-corrected chi connectivity index (χ4v) is 2.33. The first-order chi connectivity index (χ1) is 10.5. The lowest BCUT2D eigenvalue weighted by atomic mass is 10.0. The number of rotatable bonds is 5. The Morgan fingerprint density at radius 1 is 1.27 bits per heavy atom. The Morgan fingerprint density at radius 2 is 2.05 bits per heavy atom. The number of aromatic nitrogens is 1. The normalized spacial score (nSPS) is 11.9. The number of nitrogens with one attached hydrogen (secondary N) is 1. The summed E-state index contributed by atoms with van der Waals surface area (Å²) in [5.41, 5.74) is 2.39. The molecule has 0 aliphatic rings. The topological polar surface area (TPSA) is 82.5 Å². The number of nitrogens with zero attached hydrogens (tertiary/aromatic N) is 1. The molecule has 0 saturated heterocycles. The van der Waals surface area contributed by atoms with E-state index in [0.29, 0.717) is 12.0 Å². The number of phenolic OH excluding ortho intramolecular Hbond substituents is 2. The van der Waals surface area contributed by atoms with E-state index in [-0.39, 0.29) is 23.4 Å². The second kappa shape index (κ2) is 6.93. The van der Waals surface area contributed by atoms with Crippen molar-refractivity contribution >= 4 is 5.91 Å². The van der Waals surface area contributed by atoms with E-state index in [2.05, 4.69) is 10.3 Å². The van der Waals surface area contributed by atoms with Gasteiger partial charge in [0.15, 0.2) is 11.5 Å². The zero-order valence-corrected chi connectivity index (χ0v) is 12.7. The summed E-state index contributed by atoms with van der Waals surface area (Å²) in [6, 6.07) is 6.28. The molecule has 5 nitrogen and oxygen atoms in total. The van der Waals surface area contributed by atoms with Gasteiger partial charge in [-0.15, -0.1) is 0 Å². The zero-order chi connectivity index (χ0) is 16.1. The molecule has 0 aliphatic heterocycles. The van der Waals surface area contributed by atoms with Gasteiger partial charge in [0.05, 0.1) is 0 Å². The third-order valence-electron chi connectivity index (χ3n) is 3.49. The molecule has 0 unspecified atom stereocenters. The van der Waals surface area contributed by atoms with Crippen LogP contribution in [-0.2, 0) is 12.8 Å². The molecular weight excluding hydrogens is 280 g/mol. The van der Waals surface area contributed by atoms with Crippen LogP contribution in [0.4, 0.5) is 0 Å². The molecule has 5 heteroatoms. The Morgan fingerprint density at radius 3 is 2.73 bits per heavy atom. The van der Waals surface area contributed by atoms with Gasteiger partial charge in [0.1, 0.15) is 0 Å². The van der Waals surface area contributed by atoms with E-state index in [9.17, 15) is 15.0 Å². The highest BCUT2D eigenvalue weighted by atomic mass is 16.3. The van der Waals surface area contributed by atoms with E-state index in [0.717, 1.165) is 17.5 Å². The third kappa shape index (κ3) is 3.75. The summed E-state index contributed by atoms with van der Waals surface area (Å²) >= 11 is 0. The van der Waals surface area contributed by atoms with E-state index in [1.807, 2.05) is 13.8 Å². The standard InChI is InChI=1S/C17H20N2O3/c1-3-13-10-18-7-6-14(13)17(22)19-11(2)8-12-4-5-15(20)16(21)9-12/h4-7,9-11,20-21H,3,8H2,1-2H3,(H,19,22)/t11-/m1/s1. The van der Waals surface area contributed by atoms with Crippen LogP contribution < -0.4 is 5.32 Å². The Labute approximate surface area is 129 Å². The molecule has 1 atom stereocenters. The van der Waals surface area contributed by atoms with Gasteiger partial charge in [-0.25, -0.2) is 0 Å². The Hall–Kier alpha value is -2.56. The van der Waals surface area contributed by atoms with Crippen molar-refractivity contribution in [1.82, 2.24) is 10.3 Å². The maximum atomic E-state index is 12.3. The minimum absolute atomic E-state index is 0.102. The molecule has 2 rings (SSSR count). The summed E-state index contributed by atoms with van der Waals surface area (Å²) in [5.74, 6) is -0.432. The molecular formula is C17H20N2O3. The van der Waals surface area contributed by atoms with Crippen molar-refractivity contribution in [2.45, 2.75) is 32.7 Å². The number of aromatic hydroxyl groups is 2. The van der Waals surface area contributed by atoms with Crippen LogP contribution in [0.15, 0.2) is 36.7 Å². The average Bonchev–Trinajstić information content (AvgIpc) is 2.50. The molecule has 1 amide bonds. The smallest absolute Gasteiger partial charge is 0.251 e. The van der Waals surface area contributed by atoms with Crippen molar-refractivity contribution in [3.8, 4) is 11.5 Å². The summed E-state index contributed by atoms with van der Waals surface area (Å²) in [5, 5.41) is 21.7. The van der Waals surface area contributed by atoms with E-state index >= 15 is 0 Å². The highest BCUT2D eigenvalue weighted by Crippen LogP contribution is 2.25. The van der Waals surface area contributed by atoms with E-state index in [1.54, 1.807) is 24.5 Å². The van der Waals surface area contributed by atoms with Crippen LogP contribution in [0.1, 0.15) is 35.3 Å². The van der Waals surface area contributed by atoms with Crippen LogP contribution >= 0.6 is 0 Å². The van der Waals surface area contributed by atoms with Gasteiger partial charge in [0.2, 0.25) is 0 Å². The molecule has 22 heavy (non-hydrogen) atoms. The Bertz CT molecular complexity index is 671. The SMILES string of the molecule is CCc1cnccc1C(=O)N[C@H](C)Cc1ccc(O)c(O)c1. The van der Waals surface area contributed by atoms with E-state index in [1.165, 1.54) is 12.1 Å². The molecule has 0 saturated carbocycles. The molecule has 2 aromatic rings. The second-order valence-electron chi connectivity index (χ2n) is 5.29. The molecule has 0 aliphatic carbocycles. The molecule has 1 heterocycles. The monoisotopic (exact) mass is 300 g/mol. The summed E-state index contributed by atoms with van der Waals surface area (Å²) in [6.07, 6.45) is 4.62. The lowest BCUT2D eigenvalue weighted by Gasteiger charge is -2.15. The number of pyridine rings is 1. The molecule has 1 aromatic carbocycles. The molecule has 0 radical (unpaired) electrons. The summed E-state index contributed by atoms with van der Waals surface area (Å²) in [7, 11) is 0. The largest absolute Gasteiger partial charge is 0.504 e. The maximum Gasteiger partial charge on any atom is 0.251 e. The maximum absolute atomic E-state index is 12.3. The van der Waals surface area contributed by atoms with Crippen LogP contribution in [-0.4, -0.2) is 27.1 Å². The second-order valence-corrected chi connectivity index (χ2v) is 5.29. The van der Waals surface area contributed by atoms with Gasteiger partial charge in [-0.05, 0) is 49.1 Å². The van der Waals surface area contributed by atoms with Crippen LogP contribution in [0.5, 0.6) is 11.5 Å². The van der Waals surface area contributed by atoms with Crippen LogP contribution in [0.2, 0.25) is 0 Å². The predicted molar refractivity (Wildman–Crippen MR) is 84.0 cm³/mol. The summed E-state index contributed by atoms with van der Waals surface area (Å²) < 4.78 is 0. The minimum Gasteiger partial charge on any atom is -0.504 e. The van der Waals surface area contributed by atoms with Gasteiger partial charge in [-0.1, -0.05) is 13.0 Å². The molecule has 1 aromatic heterocycles. The number of hydrogen-bond acceptors (Lipinski definition) is 4. The quantitative estimate of drug-likeness (QED) is 0.741.